The van der Waals surface area contributed by atoms with Gasteiger partial charge < -0.3 is 5.32 Å². The van der Waals surface area contributed by atoms with Crippen molar-refractivity contribution in [1.82, 2.24) is 19.8 Å². The minimum atomic E-state index is -4.33. The van der Waals surface area contributed by atoms with E-state index in [9.17, 15) is 13.2 Å². The van der Waals surface area contributed by atoms with Crippen molar-refractivity contribution in [3.8, 4) is 0 Å². The van der Waals surface area contributed by atoms with Crippen LogP contribution in [0.1, 0.15) is 76.4 Å². The number of halogens is 4. The predicted octanol–water partition coefficient (Wildman–Crippen LogP) is 7.87. The second kappa shape index (κ2) is 10.9. The third kappa shape index (κ3) is 6.29. The summed E-state index contributed by atoms with van der Waals surface area (Å²) >= 11 is 5.07. The van der Waals surface area contributed by atoms with Crippen LogP contribution in [-0.4, -0.2) is 9.78 Å². The SMILES string of the molecule is CC.CC(C)(C)n1ncc(C(NSc2ccc(C(F)(F)F)cc2)C2CC2)c1C1NC=CC=C1Br. The smallest absolute Gasteiger partial charge is 0.378 e. The van der Waals surface area contributed by atoms with Crippen molar-refractivity contribution in [1.29, 1.82) is 0 Å². The van der Waals surface area contributed by atoms with Gasteiger partial charge in [-0.2, -0.15) is 18.3 Å². The van der Waals surface area contributed by atoms with Gasteiger partial charge in [0.05, 0.1) is 23.0 Å². The number of aromatic nitrogens is 2. The Bertz CT molecular complexity index is 1020. The zero-order chi connectivity index (χ0) is 25.1. The Kier molecular flexibility index (Phi) is 8.63. The first-order valence-corrected chi connectivity index (χ1v) is 13.1. The topological polar surface area (TPSA) is 41.9 Å². The van der Waals surface area contributed by atoms with Crippen LogP contribution in [0.25, 0.3) is 0 Å². The van der Waals surface area contributed by atoms with Crippen molar-refractivity contribution in [3.63, 3.8) is 0 Å². The van der Waals surface area contributed by atoms with Gasteiger partial charge in [0.25, 0.3) is 0 Å². The average molecular weight is 558 g/mol. The Morgan fingerprint density at radius 3 is 2.32 bits per heavy atom. The summed E-state index contributed by atoms with van der Waals surface area (Å²) in [6.45, 7) is 10.4. The minimum absolute atomic E-state index is 0.0430. The molecule has 0 spiro atoms. The van der Waals surface area contributed by atoms with Crippen molar-refractivity contribution in [2.75, 3.05) is 0 Å². The van der Waals surface area contributed by atoms with E-state index in [-0.39, 0.29) is 17.6 Å². The number of dihydropyridines is 1. The van der Waals surface area contributed by atoms with E-state index in [1.165, 1.54) is 24.1 Å². The summed E-state index contributed by atoms with van der Waals surface area (Å²) in [5.74, 6) is 0.468. The highest BCUT2D eigenvalue weighted by atomic mass is 79.9. The van der Waals surface area contributed by atoms with E-state index in [0.717, 1.165) is 45.6 Å². The molecule has 1 aliphatic carbocycles. The summed E-state index contributed by atoms with van der Waals surface area (Å²) in [6.07, 6.45) is 5.74. The van der Waals surface area contributed by atoms with E-state index < -0.39 is 11.7 Å². The Balaban J connectivity index is 0.00000158. The van der Waals surface area contributed by atoms with Gasteiger partial charge in [-0.25, -0.2) is 0 Å². The summed E-state index contributed by atoms with van der Waals surface area (Å²) in [6, 6.07) is 5.25. The number of nitrogens with one attached hydrogen (secondary N) is 2. The molecule has 4 rings (SSSR count). The lowest BCUT2D eigenvalue weighted by molar-refractivity contribution is -0.137. The molecule has 2 heterocycles. The van der Waals surface area contributed by atoms with E-state index in [2.05, 4.69) is 51.4 Å². The summed E-state index contributed by atoms with van der Waals surface area (Å²) in [4.78, 5) is 0.744. The molecule has 2 atom stereocenters. The molecule has 2 aromatic rings. The van der Waals surface area contributed by atoms with Crippen molar-refractivity contribution in [2.45, 2.75) is 76.2 Å². The van der Waals surface area contributed by atoms with Gasteiger partial charge in [-0.05, 0) is 94.1 Å². The number of benzene rings is 1. The highest BCUT2D eigenvalue weighted by Crippen LogP contribution is 2.46. The summed E-state index contributed by atoms with van der Waals surface area (Å²) in [7, 11) is 0. The second-order valence-corrected chi connectivity index (χ2v) is 11.0. The molecule has 186 valence electrons. The Labute approximate surface area is 212 Å². The Morgan fingerprint density at radius 2 is 1.79 bits per heavy atom. The molecule has 2 unspecified atom stereocenters. The molecule has 1 fully saturated rings. The first-order chi connectivity index (χ1) is 16.1. The molecular weight excluding hydrogens is 525 g/mol. The predicted molar refractivity (Wildman–Crippen MR) is 136 cm³/mol. The molecule has 34 heavy (non-hydrogen) atoms. The first kappa shape index (κ1) is 26.9. The summed E-state index contributed by atoms with van der Waals surface area (Å²) in [5, 5.41) is 8.19. The lowest BCUT2D eigenvalue weighted by Crippen LogP contribution is -2.32. The van der Waals surface area contributed by atoms with E-state index in [1.54, 1.807) is 0 Å². The van der Waals surface area contributed by atoms with Crippen LogP contribution in [0.3, 0.4) is 0 Å². The standard InChI is InChI=1S/C23H26BrF3N4S.C2H6/c1-22(2,3)31-21(20-18(24)5-4-12-28-20)17(13-29-31)19(14-6-7-14)30-32-16-10-8-15(9-11-16)23(25,26)27;1-2/h4-5,8-14,19-20,28,30H,6-7H2,1-3H3;1-2H3. The number of hydrogen-bond acceptors (Lipinski definition) is 4. The molecule has 0 bridgehead atoms. The van der Waals surface area contributed by atoms with E-state index >= 15 is 0 Å². The zero-order valence-corrected chi connectivity index (χ0v) is 22.5. The fourth-order valence-corrected chi connectivity index (χ4v) is 5.15. The fraction of sp³-hybridized carbons (Fsp3) is 0.480. The Morgan fingerprint density at radius 1 is 1.15 bits per heavy atom. The largest absolute Gasteiger partial charge is 0.416 e. The van der Waals surface area contributed by atoms with Crippen LogP contribution >= 0.6 is 27.9 Å². The maximum absolute atomic E-state index is 12.9. The van der Waals surface area contributed by atoms with Crippen LogP contribution in [0.5, 0.6) is 0 Å². The molecule has 4 nitrogen and oxygen atoms in total. The van der Waals surface area contributed by atoms with Gasteiger partial charge in [0.2, 0.25) is 0 Å². The monoisotopic (exact) mass is 556 g/mol. The van der Waals surface area contributed by atoms with Gasteiger partial charge >= 0.3 is 6.18 Å². The summed E-state index contributed by atoms with van der Waals surface area (Å²) in [5.41, 5.74) is 1.35. The first-order valence-electron chi connectivity index (χ1n) is 11.5. The van der Waals surface area contributed by atoms with Crippen LogP contribution in [-0.2, 0) is 11.7 Å². The third-order valence-electron chi connectivity index (χ3n) is 5.55. The second-order valence-electron chi connectivity index (χ2n) is 9.14. The van der Waals surface area contributed by atoms with Crippen LogP contribution in [0.15, 0.2) is 58.2 Å². The maximum atomic E-state index is 12.9. The number of alkyl halides is 3. The molecule has 1 aliphatic heterocycles. The molecule has 0 radical (unpaired) electrons. The van der Waals surface area contributed by atoms with Crippen LogP contribution in [0.2, 0.25) is 0 Å². The lowest BCUT2D eigenvalue weighted by atomic mass is 9.97. The normalized spacial score (nSPS) is 19.1. The molecule has 1 aromatic heterocycles. The van der Waals surface area contributed by atoms with Crippen LogP contribution in [0.4, 0.5) is 13.2 Å². The maximum Gasteiger partial charge on any atom is 0.416 e. The van der Waals surface area contributed by atoms with E-state index in [4.69, 9.17) is 5.10 Å². The molecule has 2 aliphatic rings. The fourth-order valence-electron chi connectivity index (χ4n) is 3.80. The number of rotatable bonds is 6. The van der Waals surface area contributed by atoms with Crippen LogP contribution < -0.4 is 10.0 Å². The van der Waals surface area contributed by atoms with Gasteiger partial charge in [-0.3, -0.25) is 9.40 Å². The van der Waals surface area contributed by atoms with E-state index in [1.807, 2.05) is 38.4 Å². The Hall–Kier alpha value is -1.71. The molecule has 0 saturated heterocycles. The average Bonchev–Trinajstić information content (AvgIpc) is 3.53. The lowest BCUT2D eigenvalue weighted by Gasteiger charge is -2.30. The number of allylic oxidation sites excluding steroid dienone is 2. The zero-order valence-electron chi connectivity index (χ0n) is 20.1. The van der Waals surface area contributed by atoms with Crippen molar-refractivity contribution >= 4 is 27.9 Å². The van der Waals surface area contributed by atoms with Gasteiger partial charge in [0.1, 0.15) is 6.04 Å². The van der Waals surface area contributed by atoms with Crippen molar-refractivity contribution in [2.24, 2.45) is 5.92 Å². The van der Waals surface area contributed by atoms with Crippen LogP contribution in [0, 0.1) is 5.92 Å². The van der Waals surface area contributed by atoms with Gasteiger partial charge in [0, 0.05) is 21.0 Å². The molecule has 9 heteroatoms. The van der Waals surface area contributed by atoms with Crippen molar-refractivity contribution in [3.05, 3.63) is 70.1 Å². The molecule has 2 N–H and O–H groups in total. The highest BCUT2D eigenvalue weighted by molar-refractivity contribution is 9.11. The molecule has 1 saturated carbocycles. The quantitative estimate of drug-likeness (QED) is 0.355. The molecular formula is C25H32BrF3N4S. The minimum Gasteiger partial charge on any atom is -0.378 e. The molecule has 1 aromatic carbocycles. The summed E-state index contributed by atoms with van der Waals surface area (Å²) < 4.78 is 45.2. The number of nitrogens with zero attached hydrogens (tertiary/aromatic N) is 2. The number of hydrogen-bond donors (Lipinski definition) is 2. The highest BCUT2D eigenvalue weighted by Gasteiger charge is 2.38. The van der Waals surface area contributed by atoms with Gasteiger partial charge in [-0.15, -0.1) is 0 Å². The molecule has 0 amide bonds. The van der Waals surface area contributed by atoms with Gasteiger partial charge in [0.15, 0.2) is 0 Å². The van der Waals surface area contributed by atoms with Crippen molar-refractivity contribution < 1.29 is 13.2 Å². The van der Waals surface area contributed by atoms with E-state index in [0.29, 0.717) is 5.92 Å². The van der Waals surface area contributed by atoms with Gasteiger partial charge in [-0.1, -0.05) is 29.8 Å². The third-order valence-corrected chi connectivity index (χ3v) is 7.15.